The highest BCUT2D eigenvalue weighted by atomic mass is 32.2. The van der Waals surface area contributed by atoms with Crippen molar-refractivity contribution in [2.75, 3.05) is 26.4 Å². The molecule has 0 fully saturated rings. The second kappa shape index (κ2) is 4.16. The minimum absolute atomic E-state index is 0.0563. The lowest BCUT2D eigenvalue weighted by Gasteiger charge is -2.29. The van der Waals surface area contributed by atoms with Gasteiger partial charge in [-0.25, -0.2) is 13.4 Å². The van der Waals surface area contributed by atoms with Crippen LogP contribution in [0.2, 0.25) is 0 Å². The lowest BCUT2D eigenvalue weighted by Crippen LogP contribution is -2.44. The fourth-order valence-corrected chi connectivity index (χ4v) is 3.27. The third-order valence-corrected chi connectivity index (χ3v) is 4.41. The van der Waals surface area contributed by atoms with Crippen LogP contribution in [0, 0.1) is 5.92 Å². The van der Waals surface area contributed by atoms with Crippen molar-refractivity contribution in [3.63, 3.8) is 0 Å². The molecule has 0 bridgehead atoms. The Morgan fingerprint density at radius 2 is 2.21 bits per heavy atom. The van der Waals surface area contributed by atoms with Crippen LogP contribution in [0.15, 0.2) is 27.5 Å². The van der Waals surface area contributed by atoms with E-state index in [1.165, 1.54) is 6.20 Å². The highest BCUT2D eigenvalue weighted by Crippen LogP contribution is 2.24. The van der Waals surface area contributed by atoms with Gasteiger partial charge in [0.2, 0.25) is 0 Å². The maximum Gasteiger partial charge on any atom is 0.197 e. The maximum absolute atomic E-state index is 11.7. The van der Waals surface area contributed by atoms with Crippen LogP contribution in [0.5, 0.6) is 0 Å². The van der Waals surface area contributed by atoms with Gasteiger partial charge >= 0.3 is 0 Å². The topological polar surface area (TPSA) is 77.7 Å². The number of amidine groups is 1. The van der Waals surface area contributed by atoms with E-state index in [1.807, 2.05) is 23.2 Å². The van der Waals surface area contributed by atoms with Crippen LogP contribution in [-0.2, 0) is 9.84 Å². The summed E-state index contributed by atoms with van der Waals surface area (Å²) in [5.41, 5.74) is 0. The molecule has 0 radical (unpaired) electrons. The Kier molecular flexibility index (Phi) is 2.70. The SMILES string of the molecule is CN1CC(C2CN=C3C(S(C)(=O)=O)=NC=CN32)C=N1. The lowest BCUT2D eigenvalue weighted by atomic mass is 10.0. The predicted octanol–water partition coefficient (Wildman–Crippen LogP) is -0.456. The van der Waals surface area contributed by atoms with Gasteiger partial charge in [0.1, 0.15) is 0 Å². The molecule has 8 heteroatoms. The molecule has 7 nitrogen and oxygen atoms in total. The van der Waals surface area contributed by atoms with E-state index in [2.05, 4.69) is 15.1 Å². The zero-order valence-electron chi connectivity index (χ0n) is 10.8. The van der Waals surface area contributed by atoms with Gasteiger partial charge in [0.25, 0.3) is 0 Å². The molecule has 3 aliphatic heterocycles. The summed E-state index contributed by atoms with van der Waals surface area (Å²) >= 11 is 0. The van der Waals surface area contributed by atoms with E-state index in [-0.39, 0.29) is 17.0 Å². The van der Waals surface area contributed by atoms with Gasteiger partial charge in [0.05, 0.1) is 12.6 Å². The first-order chi connectivity index (χ1) is 8.97. The Bertz CT molecular complexity index is 619. The molecule has 2 unspecified atom stereocenters. The average Bonchev–Trinajstić information content (AvgIpc) is 2.92. The number of rotatable bonds is 1. The highest BCUT2D eigenvalue weighted by molar-refractivity contribution is 8.07. The molecule has 3 heterocycles. The van der Waals surface area contributed by atoms with Crippen LogP contribution in [0.25, 0.3) is 0 Å². The Balaban J connectivity index is 1.87. The van der Waals surface area contributed by atoms with E-state index >= 15 is 0 Å². The molecule has 0 saturated heterocycles. The fourth-order valence-electron chi connectivity index (χ4n) is 2.52. The van der Waals surface area contributed by atoms with Gasteiger partial charge in [0, 0.05) is 44.4 Å². The Morgan fingerprint density at radius 3 is 2.84 bits per heavy atom. The largest absolute Gasteiger partial charge is 0.324 e. The molecule has 102 valence electrons. The standard InChI is InChI=1S/C11H15N5O2S/c1-15-7-8(5-14-15)9-6-13-10-11(19(2,17)18)12-3-4-16(9)10/h3-5,8-9H,6-7H2,1-2H3. The van der Waals surface area contributed by atoms with Gasteiger partial charge in [0.15, 0.2) is 20.7 Å². The first-order valence-electron chi connectivity index (χ1n) is 6.00. The van der Waals surface area contributed by atoms with E-state index in [4.69, 9.17) is 0 Å². The van der Waals surface area contributed by atoms with Crippen LogP contribution in [0.1, 0.15) is 0 Å². The molecule has 0 aliphatic carbocycles. The van der Waals surface area contributed by atoms with Crippen LogP contribution in [0.3, 0.4) is 0 Å². The van der Waals surface area contributed by atoms with Crippen LogP contribution in [-0.4, -0.2) is 67.9 Å². The van der Waals surface area contributed by atoms with E-state index in [0.717, 1.165) is 12.8 Å². The predicted molar refractivity (Wildman–Crippen MR) is 74.0 cm³/mol. The van der Waals surface area contributed by atoms with Crippen molar-refractivity contribution in [2.24, 2.45) is 21.0 Å². The summed E-state index contributed by atoms with van der Waals surface area (Å²) in [6.07, 6.45) is 6.37. The number of hydrogen-bond acceptors (Lipinski definition) is 7. The molecule has 0 N–H and O–H groups in total. The van der Waals surface area contributed by atoms with Crippen LogP contribution < -0.4 is 0 Å². The third kappa shape index (κ3) is 2.05. The van der Waals surface area contributed by atoms with Gasteiger partial charge in [-0.05, 0) is 0 Å². The Morgan fingerprint density at radius 1 is 1.42 bits per heavy atom. The molecule has 3 aliphatic rings. The van der Waals surface area contributed by atoms with Crippen molar-refractivity contribution >= 4 is 26.9 Å². The van der Waals surface area contributed by atoms with E-state index in [0.29, 0.717) is 12.4 Å². The Labute approximate surface area is 111 Å². The molecule has 0 aromatic rings. The zero-order chi connectivity index (χ0) is 13.6. The van der Waals surface area contributed by atoms with Crippen LogP contribution >= 0.6 is 0 Å². The summed E-state index contributed by atoms with van der Waals surface area (Å²) in [4.78, 5) is 10.2. The first kappa shape index (κ1) is 12.3. The molecule has 0 aromatic heterocycles. The number of nitrogens with zero attached hydrogens (tertiary/aromatic N) is 5. The molecule has 3 rings (SSSR count). The summed E-state index contributed by atoms with van der Waals surface area (Å²) in [5, 5.41) is 6.16. The number of sulfone groups is 1. The van der Waals surface area contributed by atoms with Crippen molar-refractivity contribution in [3.8, 4) is 0 Å². The second-order valence-corrected chi connectivity index (χ2v) is 6.84. The fraction of sp³-hybridized carbons (Fsp3) is 0.545. The molecule has 0 spiro atoms. The quantitative estimate of drug-likeness (QED) is 0.652. The number of hydrazone groups is 1. The minimum atomic E-state index is -3.36. The Hall–Kier alpha value is -1.70. The van der Waals surface area contributed by atoms with Crippen LogP contribution in [0.4, 0.5) is 0 Å². The number of aliphatic imine (C=N–C) groups is 2. The molecular weight excluding hydrogens is 266 g/mol. The van der Waals surface area contributed by atoms with Gasteiger partial charge in [-0.1, -0.05) is 0 Å². The summed E-state index contributed by atoms with van der Waals surface area (Å²) in [7, 11) is -1.44. The number of hydrogen-bond donors (Lipinski definition) is 0. The molecule has 2 atom stereocenters. The summed E-state index contributed by atoms with van der Waals surface area (Å²) in [5.74, 6) is 0.702. The van der Waals surface area contributed by atoms with E-state index < -0.39 is 9.84 Å². The molecule has 0 aromatic carbocycles. The molecule has 0 amide bonds. The maximum atomic E-state index is 11.7. The minimum Gasteiger partial charge on any atom is -0.324 e. The summed E-state index contributed by atoms with van der Waals surface area (Å²) in [6, 6.07) is 0.118. The number of fused-ring (bicyclic) bond motifs is 1. The smallest absolute Gasteiger partial charge is 0.197 e. The monoisotopic (exact) mass is 281 g/mol. The first-order valence-corrected chi connectivity index (χ1v) is 7.89. The van der Waals surface area contributed by atoms with Crippen molar-refractivity contribution < 1.29 is 8.42 Å². The molecular formula is C11H15N5O2S. The van der Waals surface area contributed by atoms with Gasteiger partial charge in [-0.3, -0.25) is 10.0 Å². The van der Waals surface area contributed by atoms with E-state index in [1.54, 1.807) is 6.20 Å². The normalized spacial score (nSPS) is 29.6. The second-order valence-electron chi connectivity index (χ2n) is 4.91. The van der Waals surface area contributed by atoms with Gasteiger partial charge < -0.3 is 4.90 Å². The summed E-state index contributed by atoms with van der Waals surface area (Å²) < 4.78 is 23.4. The highest BCUT2D eigenvalue weighted by Gasteiger charge is 2.39. The van der Waals surface area contributed by atoms with Crippen molar-refractivity contribution in [2.45, 2.75) is 6.04 Å². The molecule has 19 heavy (non-hydrogen) atoms. The van der Waals surface area contributed by atoms with Crippen molar-refractivity contribution in [3.05, 3.63) is 12.4 Å². The average molecular weight is 281 g/mol. The van der Waals surface area contributed by atoms with Gasteiger partial charge in [-0.2, -0.15) is 5.10 Å². The van der Waals surface area contributed by atoms with Gasteiger partial charge in [-0.15, -0.1) is 0 Å². The third-order valence-electron chi connectivity index (χ3n) is 3.42. The van der Waals surface area contributed by atoms with Crippen molar-refractivity contribution in [1.29, 1.82) is 0 Å². The molecule has 0 saturated carbocycles. The lowest BCUT2D eigenvalue weighted by molar-refractivity contribution is 0.299. The van der Waals surface area contributed by atoms with E-state index in [9.17, 15) is 8.42 Å². The zero-order valence-corrected chi connectivity index (χ0v) is 11.6. The summed E-state index contributed by atoms with van der Waals surface area (Å²) in [6.45, 7) is 1.39. The van der Waals surface area contributed by atoms with Crippen molar-refractivity contribution in [1.82, 2.24) is 9.91 Å².